The predicted molar refractivity (Wildman–Crippen MR) is 88.1 cm³/mol. The number of rotatable bonds is 4. The van der Waals surface area contributed by atoms with Gasteiger partial charge in [0.1, 0.15) is 5.82 Å². The van der Waals surface area contributed by atoms with Crippen molar-refractivity contribution in [3.05, 3.63) is 58.9 Å². The SMILES string of the molecule is CN(C)c1ccc(-c2nnn(Cc3c(F)cccc3Cl)n2)cc1. The molecule has 0 unspecified atom stereocenters. The molecule has 0 N–H and O–H groups in total. The van der Waals surface area contributed by atoms with Crippen molar-refractivity contribution >= 4 is 17.3 Å². The minimum absolute atomic E-state index is 0.133. The van der Waals surface area contributed by atoms with Crippen LogP contribution >= 0.6 is 11.6 Å². The normalized spacial score (nSPS) is 10.8. The number of benzene rings is 2. The van der Waals surface area contributed by atoms with Gasteiger partial charge in [-0.1, -0.05) is 17.7 Å². The van der Waals surface area contributed by atoms with Gasteiger partial charge in [-0.3, -0.25) is 0 Å². The third-order valence-electron chi connectivity index (χ3n) is 3.46. The summed E-state index contributed by atoms with van der Waals surface area (Å²) in [7, 11) is 3.95. The van der Waals surface area contributed by atoms with Crippen molar-refractivity contribution in [1.82, 2.24) is 20.2 Å². The Bertz CT molecular complexity index is 793. The maximum Gasteiger partial charge on any atom is 0.204 e. The fourth-order valence-corrected chi connectivity index (χ4v) is 2.38. The van der Waals surface area contributed by atoms with Crippen LogP contribution in [0.15, 0.2) is 42.5 Å². The lowest BCUT2D eigenvalue weighted by Gasteiger charge is -2.11. The third-order valence-corrected chi connectivity index (χ3v) is 3.81. The Morgan fingerprint density at radius 1 is 1.13 bits per heavy atom. The largest absolute Gasteiger partial charge is 0.378 e. The van der Waals surface area contributed by atoms with Crippen molar-refractivity contribution in [2.75, 3.05) is 19.0 Å². The quantitative estimate of drug-likeness (QED) is 0.736. The van der Waals surface area contributed by atoms with Gasteiger partial charge in [-0.25, -0.2) is 4.39 Å². The second-order valence-electron chi connectivity index (χ2n) is 5.28. The molecule has 2 aromatic carbocycles. The van der Waals surface area contributed by atoms with Crippen LogP contribution in [0.4, 0.5) is 10.1 Å². The second-order valence-corrected chi connectivity index (χ2v) is 5.69. The zero-order valence-electron chi connectivity index (χ0n) is 12.7. The summed E-state index contributed by atoms with van der Waals surface area (Å²) in [6, 6.07) is 12.4. The van der Waals surface area contributed by atoms with Gasteiger partial charge in [0, 0.05) is 35.9 Å². The molecule has 23 heavy (non-hydrogen) atoms. The Kier molecular flexibility index (Phi) is 4.25. The zero-order valence-corrected chi connectivity index (χ0v) is 13.5. The van der Waals surface area contributed by atoms with Crippen LogP contribution in [-0.2, 0) is 6.54 Å². The van der Waals surface area contributed by atoms with Crippen molar-refractivity contribution in [3.8, 4) is 11.4 Å². The molecule has 0 radical (unpaired) electrons. The zero-order chi connectivity index (χ0) is 16.4. The molecule has 0 saturated carbocycles. The molecule has 1 heterocycles. The van der Waals surface area contributed by atoms with E-state index in [-0.39, 0.29) is 12.4 Å². The molecule has 5 nitrogen and oxygen atoms in total. The molecular weight excluding hydrogens is 317 g/mol. The third kappa shape index (κ3) is 3.32. The monoisotopic (exact) mass is 331 g/mol. The molecule has 0 bridgehead atoms. The molecular formula is C16H15ClFN5. The Morgan fingerprint density at radius 3 is 2.52 bits per heavy atom. The minimum Gasteiger partial charge on any atom is -0.378 e. The molecule has 0 aliphatic carbocycles. The topological polar surface area (TPSA) is 46.8 Å². The van der Waals surface area contributed by atoms with Crippen LogP contribution in [0.2, 0.25) is 5.02 Å². The minimum atomic E-state index is -0.383. The Labute approximate surface area is 138 Å². The number of anilines is 1. The fourth-order valence-electron chi connectivity index (χ4n) is 2.16. The Balaban J connectivity index is 1.83. The lowest BCUT2D eigenvalue weighted by atomic mass is 10.2. The number of hydrogen-bond donors (Lipinski definition) is 0. The van der Waals surface area contributed by atoms with Crippen LogP contribution in [-0.4, -0.2) is 34.3 Å². The summed E-state index contributed by atoms with van der Waals surface area (Å²) in [5.41, 5.74) is 2.28. The highest BCUT2D eigenvalue weighted by atomic mass is 35.5. The van der Waals surface area contributed by atoms with Gasteiger partial charge in [-0.05, 0) is 41.6 Å². The molecule has 3 aromatic rings. The van der Waals surface area contributed by atoms with Crippen LogP contribution in [0.25, 0.3) is 11.4 Å². The Hall–Kier alpha value is -2.47. The van der Waals surface area contributed by atoms with Gasteiger partial charge < -0.3 is 4.90 Å². The van der Waals surface area contributed by atoms with Crippen molar-refractivity contribution < 1.29 is 4.39 Å². The number of aromatic nitrogens is 4. The van der Waals surface area contributed by atoms with E-state index in [2.05, 4.69) is 15.4 Å². The smallest absolute Gasteiger partial charge is 0.204 e. The number of nitrogens with zero attached hydrogens (tertiary/aromatic N) is 5. The summed E-state index contributed by atoms with van der Waals surface area (Å²) >= 11 is 6.02. The van der Waals surface area contributed by atoms with E-state index in [9.17, 15) is 4.39 Å². The first-order chi connectivity index (χ1) is 11.0. The number of hydrogen-bond acceptors (Lipinski definition) is 4. The van der Waals surface area contributed by atoms with Gasteiger partial charge >= 0.3 is 0 Å². The van der Waals surface area contributed by atoms with Crippen molar-refractivity contribution in [2.24, 2.45) is 0 Å². The second kappa shape index (κ2) is 6.34. The fraction of sp³-hybridized carbons (Fsp3) is 0.188. The van der Waals surface area contributed by atoms with E-state index in [1.807, 2.05) is 43.3 Å². The highest BCUT2D eigenvalue weighted by molar-refractivity contribution is 6.31. The summed E-state index contributed by atoms with van der Waals surface area (Å²) in [5, 5.41) is 12.6. The number of tetrazole rings is 1. The summed E-state index contributed by atoms with van der Waals surface area (Å²) in [6.07, 6.45) is 0. The van der Waals surface area contributed by atoms with Crippen LogP contribution in [0.5, 0.6) is 0 Å². The standard InChI is InChI=1S/C16H15ClFN5/c1-22(2)12-8-6-11(7-9-12)16-19-21-23(20-16)10-13-14(17)4-3-5-15(13)18/h3-9H,10H2,1-2H3. The van der Waals surface area contributed by atoms with Gasteiger partial charge in [0.05, 0.1) is 6.54 Å². The van der Waals surface area contributed by atoms with E-state index < -0.39 is 0 Å². The molecule has 0 spiro atoms. The first-order valence-electron chi connectivity index (χ1n) is 7.03. The van der Waals surface area contributed by atoms with Crippen LogP contribution < -0.4 is 4.90 Å². The molecule has 0 fully saturated rings. The highest BCUT2D eigenvalue weighted by Crippen LogP contribution is 2.21. The van der Waals surface area contributed by atoms with E-state index in [1.54, 1.807) is 12.1 Å². The maximum atomic E-state index is 13.8. The molecule has 3 rings (SSSR count). The van der Waals surface area contributed by atoms with Gasteiger partial charge in [0.25, 0.3) is 0 Å². The molecule has 118 valence electrons. The van der Waals surface area contributed by atoms with E-state index in [0.29, 0.717) is 16.4 Å². The predicted octanol–water partition coefficient (Wildman–Crippen LogP) is 3.25. The van der Waals surface area contributed by atoms with Crippen molar-refractivity contribution in [2.45, 2.75) is 6.54 Å². The summed E-state index contributed by atoms with van der Waals surface area (Å²) < 4.78 is 13.8. The average Bonchev–Trinajstić information content (AvgIpc) is 3.00. The van der Waals surface area contributed by atoms with Crippen LogP contribution in [0.1, 0.15) is 5.56 Å². The molecule has 0 saturated heterocycles. The number of halogens is 2. The van der Waals surface area contributed by atoms with E-state index in [0.717, 1.165) is 11.3 Å². The summed E-state index contributed by atoms with van der Waals surface area (Å²) in [5.74, 6) is 0.106. The first-order valence-corrected chi connectivity index (χ1v) is 7.41. The molecule has 0 aliphatic rings. The van der Waals surface area contributed by atoms with E-state index in [1.165, 1.54) is 10.9 Å². The summed E-state index contributed by atoms with van der Waals surface area (Å²) in [6.45, 7) is 0.133. The molecule has 7 heteroatoms. The molecule has 0 aliphatic heterocycles. The lowest BCUT2D eigenvalue weighted by Crippen LogP contribution is -2.08. The maximum absolute atomic E-state index is 13.8. The molecule has 0 atom stereocenters. The van der Waals surface area contributed by atoms with E-state index >= 15 is 0 Å². The van der Waals surface area contributed by atoms with Crippen LogP contribution in [0, 0.1) is 5.82 Å². The van der Waals surface area contributed by atoms with Gasteiger partial charge in [0.2, 0.25) is 5.82 Å². The summed E-state index contributed by atoms with van der Waals surface area (Å²) in [4.78, 5) is 3.34. The van der Waals surface area contributed by atoms with E-state index in [4.69, 9.17) is 11.6 Å². The highest BCUT2D eigenvalue weighted by Gasteiger charge is 2.11. The average molecular weight is 332 g/mol. The lowest BCUT2D eigenvalue weighted by molar-refractivity contribution is 0.539. The van der Waals surface area contributed by atoms with Crippen molar-refractivity contribution in [1.29, 1.82) is 0 Å². The van der Waals surface area contributed by atoms with Gasteiger partial charge in [-0.2, -0.15) is 4.80 Å². The van der Waals surface area contributed by atoms with Gasteiger partial charge in [0.15, 0.2) is 0 Å². The molecule has 0 amide bonds. The molecule has 1 aromatic heterocycles. The van der Waals surface area contributed by atoms with Crippen molar-refractivity contribution in [3.63, 3.8) is 0 Å². The Morgan fingerprint density at radius 2 is 1.87 bits per heavy atom. The first kappa shape index (κ1) is 15.4. The van der Waals surface area contributed by atoms with Crippen LogP contribution in [0.3, 0.4) is 0 Å². The van der Waals surface area contributed by atoms with Gasteiger partial charge in [-0.15, -0.1) is 10.2 Å².